The number of aromatic nitrogens is 3. The third-order valence-electron chi connectivity index (χ3n) is 3.80. The van der Waals surface area contributed by atoms with Gasteiger partial charge < -0.3 is 15.5 Å². The van der Waals surface area contributed by atoms with Crippen molar-refractivity contribution in [2.24, 2.45) is 7.05 Å². The predicted molar refractivity (Wildman–Crippen MR) is 91.8 cm³/mol. The molecule has 0 radical (unpaired) electrons. The molecule has 132 valence electrons. The zero-order chi connectivity index (χ0) is 18.8. The quantitative estimate of drug-likeness (QED) is 0.621. The Morgan fingerprint density at radius 3 is 2.54 bits per heavy atom. The summed E-state index contributed by atoms with van der Waals surface area (Å²) in [5.74, 6) is -2.82. The van der Waals surface area contributed by atoms with Crippen LogP contribution in [-0.4, -0.2) is 43.4 Å². The van der Waals surface area contributed by atoms with E-state index in [1.807, 2.05) is 18.2 Å². The van der Waals surface area contributed by atoms with E-state index in [9.17, 15) is 19.5 Å². The molecule has 0 saturated carbocycles. The molecule has 0 aliphatic rings. The Morgan fingerprint density at radius 1 is 1.19 bits per heavy atom. The lowest BCUT2D eigenvalue weighted by molar-refractivity contribution is -0.135. The highest BCUT2D eigenvalue weighted by Gasteiger charge is 2.22. The van der Waals surface area contributed by atoms with Crippen molar-refractivity contribution >= 4 is 22.9 Å². The van der Waals surface area contributed by atoms with Crippen LogP contribution >= 0.6 is 0 Å². The van der Waals surface area contributed by atoms with Crippen LogP contribution in [0.15, 0.2) is 41.2 Å². The van der Waals surface area contributed by atoms with Gasteiger partial charge >= 0.3 is 5.97 Å². The number of hydrogen-bond donors (Lipinski definition) is 3. The van der Waals surface area contributed by atoms with Crippen LogP contribution in [0.25, 0.3) is 22.3 Å². The summed E-state index contributed by atoms with van der Waals surface area (Å²) in [6.07, 6.45) is 0. The van der Waals surface area contributed by atoms with Crippen LogP contribution in [0.3, 0.4) is 0 Å². The number of nitrogens with one attached hydrogen (secondary N) is 1. The second-order valence-corrected chi connectivity index (χ2v) is 5.50. The molecule has 9 nitrogen and oxygen atoms in total. The Kier molecular flexibility index (Phi) is 4.36. The molecule has 26 heavy (non-hydrogen) atoms. The van der Waals surface area contributed by atoms with E-state index >= 15 is 0 Å². The summed E-state index contributed by atoms with van der Waals surface area (Å²) in [6.45, 7) is -0.677. The third-order valence-corrected chi connectivity index (χ3v) is 3.80. The van der Waals surface area contributed by atoms with Crippen LogP contribution in [0.2, 0.25) is 0 Å². The zero-order valence-corrected chi connectivity index (χ0v) is 13.6. The molecule has 0 aliphatic carbocycles. The first kappa shape index (κ1) is 17.1. The minimum absolute atomic E-state index is 0.0990. The number of carboxylic acids is 1. The molecular formula is C17H14N4O5. The van der Waals surface area contributed by atoms with Crippen LogP contribution in [0.5, 0.6) is 5.75 Å². The van der Waals surface area contributed by atoms with Crippen molar-refractivity contribution < 1.29 is 19.8 Å². The molecule has 0 aliphatic heterocycles. The summed E-state index contributed by atoms with van der Waals surface area (Å²) in [5.41, 5.74) is -0.0640. The van der Waals surface area contributed by atoms with E-state index in [2.05, 4.69) is 15.5 Å². The van der Waals surface area contributed by atoms with Crippen molar-refractivity contribution in [2.75, 3.05) is 6.54 Å². The molecule has 3 N–H and O–H groups in total. The maximum Gasteiger partial charge on any atom is 0.322 e. The number of aromatic hydroxyl groups is 1. The van der Waals surface area contributed by atoms with Gasteiger partial charge in [0.05, 0.1) is 11.1 Å². The third kappa shape index (κ3) is 2.97. The normalized spacial score (nSPS) is 10.7. The number of carboxylic acid groups (broad SMARTS) is 1. The minimum atomic E-state index is -1.27. The predicted octanol–water partition coefficient (Wildman–Crippen LogP) is 0.516. The molecule has 1 aromatic carbocycles. The summed E-state index contributed by atoms with van der Waals surface area (Å²) in [6, 6.07) is 10.6. The molecule has 2 heterocycles. The number of carbonyl (C=O) groups excluding carboxylic acids is 1. The van der Waals surface area contributed by atoms with Gasteiger partial charge in [-0.1, -0.05) is 30.3 Å². The van der Waals surface area contributed by atoms with E-state index in [1.165, 1.54) is 13.1 Å². The van der Waals surface area contributed by atoms with E-state index in [0.717, 1.165) is 10.1 Å². The number of aryl methyl sites for hydroxylation is 1. The van der Waals surface area contributed by atoms with Crippen molar-refractivity contribution in [3.8, 4) is 17.0 Å². The lowest BCUT2D eigenvalue weighted by Gasteiger charge is -2.11. The van der Waals surface area contributed by atoms with Crippen LogP contribution < -0.4 is 10.9 Å². The van der Waals surface area contributed by atoms with Gasteiger partial charge in [0.15, 0.2) is 5.65 Å². The largest absolute Gasteiger partial charge is 0.506 e. The number of carbonyl (C=O) groups is 2. The molecule has 0 fully saturated rings. The second-order valence-electron chi connectivity index (χ2n) is 5.50. The van der Waals surface area contributed by atoms with Gasteiger partial charge in [-0.2, -0.15) is 0 Å². The molecule has 0 spiro atoms. The maximum absolute atomic E-state index is 12.4. The Labute approximate surface area is 146 Å². The minimum Gasteiger partial charge on any atom is -0.506 e. The van der Waals surface area contributed by atoms with Gasteiger partial charge in [0, 0.05) is 12.6 Å². The highest BCUT2D eigenvalue weighted by atomic mass is 16.4. The van der Waals surface area contributed by atoms with E-state index in [1.54, 1.807) is 12.1 Å². The van der Waals surface area contributed by atoms with Crippen LogP contribution in [-0.2, 0) is 11.8 Å². The molecular weight excluding hydrogens is 340 g/mol. The van der Waals surface area contributed by atoms with Crippen molar-refractivity contribution in [3.05, 3.63) is 52.3 Å². The smallest absolute Gasteiger partial charge is 0.322 e. The lowest BCUT2D eigenvalue weighted by Crippen LogP contribution is -2.35. The summed E-state index contributed by atoms with van der Waals surface area (Å²) >= 11 is 0. The molecule has 0 bridgehead atoms. The van der Waals surface area contributed by atoms with Crippen LogP contribution in [0.1, 0.15) is 10.4 Å². The van der Waals surface area contributed by atoms with Gasteiger partial charge in [-0.05, 0) is 6.07 Å². The molecule has 0 atom stereocenters. The number of amides is 1. The average molecular weight is 354 g/mol. The first-order chi connectivity index (χ1) is 12.4. The molecule has 0 saturated heterocycles. The molecule has 2 aromatic heterocycles. The van der Waals surface area contributed by atoms with Crippen LogP contribution in [0.4, 0.5) is 0 Å². The SMILES string of the molecule is Cn1c(=O)c(C(=O)NCC(=O)O)c(O)c2cc(-c3ccccc3)nnc21. The van der Waals surface area contributed by atoms with Gasteiger partial charge in [-0.15, -0.1) is 10.2 Å². The highest BCUT2D eigenvalue weighted by molar-refractivity contribution is 6.02. The summed E-state index contributed by atoms with van der Waals surface area (Å²) < 4.78 is 1.08. The number of pyridine rings is 1. The van der Waals surface area contributed by atoms with Gasteiger partial charge in [0.25, 0.3) is 11.5 Å². The topological polar surface area (TPSA) is 134 Å². The fraction of sp³-hybridized carbons (Fsp3) is 0.118. The van der Waals surface area contributed by atoms with E-state index in [4.69, 9.17) is 5.11 Å². The first-order valence-electron chi connectivity index (χ1n) is 7.55. The van der Waals surface area contributed by atoms with Crippen molar-refractivity contribution in [3.63, 3.8) is 0 Å². The van der Waals surface area contributed by atoms with Crippen molar-refractivity contribution in [1.82, 2.24) is 20.1 Å². The lowest BCUT2D eigenvalue weighted by atomic mass is 10.1. The summed E-state index contributed by atoms with van der Waals surface area (Å²) in [7, 11) is 1.38. The van der Waals surface area contributed by atoms with Gasteiger partial charge in [-0.25, -0.2) is 0 Å². The second kappa shape index (κ2) is 6.63. The van der Waals surface area contributed by atoms with E-state index in [0.29, 0.717) is 5.69 Å². The highest BCUT2D eigenvalue weighted by Crippen LogP contribution is 2.27. The molecule has 0 unspecified atom stereocenters. The molecule has 3 aromatic rings. The number of benzene rings is 1. The number of nitrogens with zero attached hydrogens (tertiary/aromatic N) is 3. The van der Waals surface area contributed by atoms with Gasteiger partial charge in [0.2, 0.25) is 0 Å². The first-order valence-corrected chi connectivity index (χ1v) is 7.55. The Bertz CT molecular complexity index is 1080. The van der Waals surface area contributed by atoms with E-state index < -0.39 is 35.3 Å². The number of fused-ring (bicyclic) bond motifs is 1. The summed E-state index contributed by atoms with van der Waals surface area (Å²) in [4.78, 5) is 35.1. The molecule has 9 heteroatoms. The molecule has 3 rings (SSSR count). The Morgan fingerprint density at radius 2 is 1.88 bits per heavy atom. The fourth-order valence-electron chi connectivity index (χ4n) is 2.51. The maximum atomic E-state index is 12.4. The van der Waals surface area contributed by atoms with Gasteiger partial charge in [0.1, 0.15) is 17.9 Å². The van der Waals surface area contributed by atoms with Crippen LogP contribution in [0, 0.1) is 0 Å². The molecule has 1 amide bonds. The zero-order valence-electron chi connectivity index (χ0n) is 13.6. The van der Waals surface area contributed by atoms with E-state index in [-0.39, 0.29) is 11.0 Å². The monoisotopic (exact) mass is 354 g/mol. The number of hydrogen-bond acceptors (Lipinski definition) is 6. The standard InChI is InChI=1S/C17H14N4O5/c1-21-15-10(7-11(19-20-15)9-5-3-2-4-6-9)14(24)13(17(21)26)16(25)18-8-12(22)23/h2-7,24H,8H2,1H3,(H,18,25)(H,22,23). The van der Waals surface area contributed by atoms with Crippen molar-refractivity contribution in [1.29, 1.82) is 0 Å². The Hall–Kier alpha value is -3.75. The fourth-order valence-corrected chi connectivity index (χ4v) is 2.51. The number of rotatable bonds is 4. The van der Waals surface area contributed by atoms with Crippen molar-refractivity contribution in [2.45, 2.75) is 0 Å². The summed E-state index contributed by atoms with van der Waals surface area (Å²) in [5, 5.41) is 29.4. The van der Waals surface area contributed by atoms with Gasteiger partial charge in [-0.3, -0.25) is 19.0 Å². The Balaban J connectivity index is 2.19. The average Bonchev–Trinajstić information content (AvgIpc) is 2.65. The number of aliphatic carboxylic acids is 1.